The molecule has 1 N–H and O–H groups in total. The van der Waals surface area contributed by atoms with E-state index in [1.165, 1.54) is 0 Å². The van der Waals surface area contributed by atoms with Gasteiger partial charge in [0.15, 0.2) is 0 Å². The largest absolute Gasteiger partial charge is 0.496 e. The number of rotatable bonds is 5. The first-order valence-corrected chi connectivity index (χ1v) is 7.59. The van der Waals surface area contributed by atoms with Gasteiger partial charge in [-0.25, -0.2) is 9.78 Å². The van der Waals surface area contributed by atoms with Gasteiger partial charge < -0.3 is 9.84 Å². The molecule has 0 aliphatic rings. The second kappa shape index (κ2) is 6.58. The molecule has 0 amide bonds. The van der Waals surface area contributed by atoms with E-state index in [2.05, 4.69) is 4.98 Å². The van der Waals surface area contributed by atoms with Crippen molar-refractivity contribution < 1.29 is 14.6 Å². The summed E-state index contributed by atoms with van der Waals surface area (Å²) in [7, 11) is 1.64. The maximum atomic E-state index is 10.9. The summed E-state index contributed by atoms with van der Waals surface area (Å²) < 4.78 is 7.32. The average molecular weight is 322 g/mol. The van der Waals surface area contributed by atoms with Gasteiger partial charge in [-0.2, -0.15) is 0 Å². The first-order chi connectivity index (χ1) is 11.6. The Hall–Kier alpha value is -3.08. The van der Waals surface area contributed by atoms with Crippen LogP contribution in [0.1, 0.15) is 22.5 Å². The summed E-state index contributed by atoms with van der Waals surface area (Å²) in [6.45, 7) is 1.99. The van der Waals surface area contributed by atoms with Crippen LogP contribution in [0.2, 0.25) is 0 Å². The highest BCUT2D eigenvalue weighted by Crippen LogP contribution is 2.24. The molecule has 0 radical (unpaired) electrons. The number of aromatic nitrogens is 2. The van der Waals surface area contributed by atoms with E-state index >= 15 is 0 Å². The standard InChI is InChI=1S/C19H18N2O3/c1-13-7-9-18-20-15(11-14-5-3-4-6-17(14)24-2)16(21(18)12-13)8-10-19(22)23/h3-10,12H,11H2,1-2H3,(H,22,23)/b10-8+. The molecule has 0 saturated heterocycles. The second-order valence-electron chi connectivity index (χ2n) is 5.54. The summed E-state index contributed by atoms with van der Waals surface area (Å²) in [5, 5.41) is 8.97. The van der Waals surface area contributed by atoms with E-state index in [4.69, 9.17) is 9.84 Å². The lowest BCUT2D eigenvalue weighted by Gasteiger charge is -2.07. The van der Waals surface area contributed by atoms with Crippen molar-refractivity contribution in [3.8, 4) is 5.75 Å². The third kappa shape index (κ3) is 3.15. The van der Waals surface area contributed by atoms with Crippen molar-refractivity contribution in [2.24, 2.45) is 0 Å². The first-order valence-electron chi connectivity index (χ1n) is 7.59. The van der Waals surface area contributed by atoms with Gasteiger partial charge in [0.05, 0.1) is 18.5 Å². The van der Waals surface area contributed by atoms with Crippen LogP contribution in [-0.2, 0) is 11.2 Å². The number of nitrogens with zero attached hydrogens (tertiary/aromatic N) is 2. The van der Waals surface area contributed by atoms with Crippen LogP contribution in [-0.4, -0.2) is 27.6 Å². The van der Waals surface area contributed by atoms with Crippen LogP contribution in [0, 0.1) is 6.92 Å². The van der Waals surface area contributed by atoms with Gasteiger partial charge >= 0.3 is 5.97 Å². The third-order valence-electron chi connectivity index (χ3n) is 3.81. The minimum absolute atomic E-state index is 0.560. The van der Waals surface area contributed by atoms with Gasteiger partial charge in [-0.1, -0.05) is 24.3 Å². The molecular weight excluding hydrogens is 304 g/mol. The molecule has 24 heavy (non-hydrogen) atoms. The number of imidazole rings is 1. The number of hydrogen-bond donors (Lipinski definition) is 1. The SMILES string of the molecule is COc1ccccc1Cc1nc2ccc(C)cn2c1/C=C/C(=O)O. The number of ether oxygens (including phenoxy) is 1. The molecule has 1 aromatic carbocycles. The van der Waals surface area contributed by atoms with Crippen molar-refractivity contribution in [3.05, 3.63) is 71.2 Å². The Balaban J connectivity index is 2.12. The zero-order chi connectivity index (χ0) is 17.1. The van der Waals surface area contributed by atoms with Crippen LogP contribution in [0.3, 0.4) is 0 Å². The average Bonchev–Trinajstić information content (AvgIpc) is 2.90. The molecule has 0 aliphatic carbocycles. The highest BCUT2D eigenvalue weighted by atomic mass is 16.5. The maximum absolute atomic E-state index is 10.9. The van der Waals surface area contributed by atoms with Crippen LogP contribution in [0.5, 0.6) is 5.75 Å². The number of methoxy groups -OCH3 is 1. The molecule has 3 aromatic rings. The number of carbonyl (C=O) groups is 1. The first kappa shape index (κ1) is 15.8. The van der Waals surface area contributed by atoms with E-state index in [1.807, 2.05) is 53.9 Å². The van der Waals surface area contributed by atoms with Gasteiger partial charge in [-0.3, -0.25) is 4.40 Å². The van der Waals surface area contributed by atoms with Gasteiger partial charge in [0, 0.05) is 24.3 Å². The fraction of sp³-hybridized carbons (Fsp3) is 0.158. The number of fused-ring (bicyclic) bond motifs is 1. The van der Waals surface area contributed by atoms with E-state index in [0.717, 1.165) is 40.0 Å². The maximum Gasteiger partial charge on any atom is 0.328 e. The molecule has 2 heterocycles. The summed E-state index contributed by atoms with van der Waals surface area (Å²) in [6, 6.07) is 11.7. The van der Waals surface area contributed by atoms with Gasteiger partial charge in [-0.05, 0) is 30.7 Å². The lowest BCUT2D eigenvalue weighted by atomic mass is 10.1. The normalized spacial score (nSPS) is 11.2. The zero-order valence-electron chi connectivity index (χ0n) is 13.6. The van der Waals surface area contributed by atoms with Crippen LogP contribution >= 0.6 is 0 Å². The van der Waals surface area contributed by atoms with Crippen molar-refractivity contribution >= 4 is 17.7 Å². The summed E-state index contributed by atoms with van der Waals surface area (Å²) in [6.07, 6.45) is 5.24. The van der Waals surface area contributed by atoms with Crippen LogP contribution in [0.4, 0.5) is 0 Å². The van der Waals surface area contributed by atoms with Crippen molar-refractivity contribution in [2.45, 2.75) is 13.3 Å². The molecule has 3 rings (SSSR count). The fourth-order valence-corrected chi connectivity index (χ4v) is 2.70. The molecule has 0 saturated carbocycles. The number of benzene rings is 1. The van der Waals surface area contributed by atoms with E-state index < -0.39 is 5.97 Å². The summed E-state index contributed by atoms with van der Waals surface area (Å²) in [4.78, 5) is 15.6. The number of carboxylic acids is 1. The molecule has 122 valence electrons. The van der Waals surface area contributed by atoms with E-state index in [0.29, 0.717) is 6.42 Å². The molecule has 5 nitrogen and oxygen atoms in total. The summed E-state index contributed by atoms with van der Waals surface area (Å²) in [5.74, 6) is -0.195. The fourth-order valence-electron chi connectivity index (χ4n) is 2.70. The number of aliphatic carboxylic acids is 1. The smallest absolute Gasteiger partial charge is 0.328 e. The number of para-hydroxylation sites is 1. The Morgan fingerprint density at radius 2 is 2.08 bits per heavy atom. The van der Waals surface area contributed by atoms with Crippen molar-refractivity contribution in [1.82, 2.24) is 9.38 Å². The molecule has 0 bridgehead atoms. The van der Waals surface area contributed by atoms with Crippen molar-refractivity contribution in [3.63, 3.8) is 0 Å². The Morgan fingerprint density at radius 1 is 1.29 bits per heavy atom. The quantitative estimate of drug-likeness (QED) is 0.732. The Bertz CT molecular complexity index is 926. The minimum atomic E-state index is -0.985. The Labute approximate surface area is 139 Å². The van der Waals surface area contributed by atoms with Crippen molar-refractivity contribution in [1.29, 1.82) is 0 Å². The van der Waals surface area contributed by atoms with Crippen LogP contribution in [0.25, 0.3) is 11.7 Å². The third-order valence-corrected chi connectivity index (χ3v) is 3.81. The van der Waals surface area contributed by atoms with E-state index in [9.17, 15) is 4.79 Å². The summed E-state index contributed by atoms with van der Waals surface area (Å²) >= 11 is 0. The zero-order valence-corrected chi connectivity index (χ0v) is 13.6. The van der Waals surface area contributed by atoms with Gasteiger partial charge in [0.25, 0.3) is 0 Å². The molecule has 0 aliphatic heterocycles. The Morgan fingerprint density at radius 3 is 2.83 bits per heavy atom. The predicted octanol–water partition coefficient (Wildman–Crippen LogP) is 3.34. The number of hydrogen-bond acceptors (Lipinski definition) is 3. The molecule has 5 heteroatoms. The summed E-state index contributed by atoms with van der Waals surface area (Å²) in [5.41, 5.74) is 4.44. The molecule has 2 aromatic heterocycles. The lowest BCUT2D eigenvalue weighted by molar-refractivity contribution is -0.131. The van der Waals surface area contributed by atoms with E-state index in [-0.39, 0.29) is 0 Å². The highest BCUT2D eigenvalue weighted by Gasteiger charge is 2.13. The highest BCUT2D eigenvalue weighted by molar-refractivity contribution is 5.85. The van der Waals surface area contributed by atoms with Crippen LogP contribution < -0.4 is 4.74 Å². The minimum Gasteiger partial charge on any atom is -0.496 e. The second-order valence-corrected chi connectivity index (χ2v) is 5.54. The van der Waals surface area contributed by atoms with Crippen molar-refractivity contribution in [2.75, 3.05) is 7.11 Å². The predicted molar refractivity (Wildman–Crippen MR) is 92.4 cm³/mol. The monoisotopic (exact) mass is 322 g/mol. The lowest BCUT2D eigenvalue weighted by Crippen LogP contribution is -1.97. The molecule has 0 atom stereocenters. The number of carboxylic acid groups (broad SMARTS) is 1. The topological polar surface area (TPSA) is 63.8 Å². The van der Waals surface area contributed by atoms with Gasteiger partial charge in [0.1, 0.15) is 11.4 Å². The number of pyridine rings is 1. The van der Waals surface area contributed by atoms with Gasteiger partial charge in [0.2, 0.25) is 0 Å². The van der Waals surface area contributed by atoms with Gasteiger partial charge in [-0.15, -0.1) is 0 Å². The molecular formula is C19H18N2O3. The molecule has 0 spiro atoms. The number of aryl methyl sites for hydroxylation is 1. The van der Waals surface area contributed by atoms with Crippen LogP contribution in [0.15, 0.2) is 48.7 Å². The molecule has 0 unspecified atom stereocenters. The Kier molecular flexibility index (Phi) is 4.33. The van der Waals surface area contributed by atoms with E-state index in [1.54, 1.807) is 13.2 Å². The molecule has 0 fully saturated rings.